The van der Waals surface area contributed by atoms with Crippen LogP contribution in [0.3, 0.4) is 0 Å². The van der Waals surface area contributed by atoms with Crippen molar-refractivity contribution in [3.8, 4) is 0 Å². The fourth-order valence-electron chi connectivity index (χ4n) is 1.08. The molecule has 0 bridgehead atoms. The summed E-state index contributed by atoms with van der Waals surface area (Å²) in [6, 6.07) is 0. The van der Waals surface area contributed by atoms with Crippen LogP contribution in [0.1, 0.15) is 13.3 Å². The first-order valence-electron chi connectivity index (χ1n) is 4.53. The molecule has 3 heteroatoms. The van der Waals surface area contributed by atoms with Crippen LogP contribution >= 0.6 is 0 Å². The van der Waals surface area contributed by atoms with Crippen LogP contribution in [0.15, 0.2) is 29.4 Å². The van der Waals surface area contributed by atoms with Gasteiger partial charge in [-0.15, -0.1) is 0 Å². The van der Waals surface area contributed by atoms with E-state index in [0.717, 1.165) is 12.3 Å². The molecule has 1 unspecified atom stereocenters. The van der Waals surface area contributed by atoms with Crippen molar-refractivity contribution in [3.63, 3.8) is 0 Å². The number of allylic oxidation sites excluding steroid dienone is 2. The summed E-state index contributed by atoms with van der Waals surface area (Å²) in [7, 11) is 3.89. The zero-order chi connectivity index (χ0) is 9.68. The minimum absolute atomic E-state index is 0.584. The van der Waals surface area contributed by atoms with E-state index in [9.17, 15) is 0 Å². The number of aliphatic imine (C=N–C) groups is 1. The van der Waals surface area contributed by atoms with Gasteiger partial charge in [0.2, 0.25) is 0 Å². The van der Waals surface area contributed by atoms with Crippen molar-refractivity contribution in [3.05, 3.63) is 24.4 Å². The number of hydrogen-bond acceptors (Lipinski definition) is 3. The van der Waals surface area contributed by atoms with E-state index in [2.05, 4.69) is 29.5 Å². The molecule has 0 saturated carbocycles. The van der Waals surface area contributed by atoms with Gasteiger partial charge in [0.1, 0.15) is 5.84 Å². The zero-order valence-corrected chi connectivity index (χ0v) is 8.49. The predicted octanol–water partition coefficient (Wildman–Crippen LogP) is 1.56. The normalized spacial score (nSPS) is 22.5. The quantitative estimate of drug-likeness (QED) is 0.619. The maximum absolute atomic E-state index is 4.27. The van der Waals surface area contributed by atoms with Crippen LogP contribution in [0.5, 0.6) is 0 Å². The Hall–Kier alpha value is -1.09. The lowest BCUT2D eigenvalue weighted by Crippen LogP contribution is -2.35. The van der Waals surface area contributed by atoms with E-state index in [4.69, 9.17) is 0 Å². The van der Waals surface area contributed by atoms with E-state index in [0.29, 0.717) is 5.92 Å². The summed E-state index contributed by atoms with van der Waals surface area (Å²) >= 11 is 0. The third-order valence-corrected chi connectivity index (χ3v) is 1.75. The van der Waals surface area contributed by atoms with Crippen molar-refractivity contribution in [1.82, 2.24) is 10.4 Å². The van der Waals surface area contributed by atoms with Gasteiger partial charge in [-0.05, 0) is 18.4 Å². The molecule has 1 atom stereocenters. The molecular weight excluding hydrogens is 162 g/mol. The Morgan fingerprint density at radius 3 is 3.00 bits per heavy atom. The van der Waals surface area contributed by atoms with Crippen LogP contribution in [0.2, 0.25) is 0 Å². The molecule has 13 heavy (non-hydrogen) atoms. The average molecular weight is 179 g/mol. The maximum atomic E-state index is 4.27. The Morgan fingerprint density at radius 1 is 1.54 bits per heavy atom. The molecule has 1 aliphatic heterocycles. The average Bonchev–Trinajstić information content (AvgIpc) is 1.99. The molecule has 0 spiro atoms. The highest BCUT2D eigenvalue weighted by molar-refractivity contribution is 5.92. The standard InChI is InChI=1S/C10H17N3/c1-9-5-4-6-10(11-8-7-9)12-13(2)3/h4,6-9H,5H2,1-3H3,(H,11,12). The second-order valence-electron chi connectivity index (χ2n) is 3.48. The van der Waals surface area contributed by atoms with Crippen LogP contribution in [0.25, 0.3) is 0 Å². The first-order valence-corrected chi connectivity index (χ1v) is 4.53. The summed E-state index contributed by atoms with van der Waals surface area (Å²) in [4.78, 5) is 4.27. The molecule has 3 nitrogen and oxygen atoms in total. The van der Waals surface area contributed by atoms with Gasteiger partial charge in [0.25, 0.3) is 0 Å². The van der Waals surface area contributed by atoms with Gasteiger partial charge in [-0.2, -0.15) is 0 Å². The lowest BCUT2D eigenvalue weighted by Gasteiger charge is -2.13. The molecule has 1 N–H and O–H groups in total. The summed E-state index contributed by atoms with van der Waals surface area (Å²) in [6.07, 6.45) is 9.20. The lowest BCUT2D eigenvalue weighted by molar-refractivity contribution is 0.363. The second-order valence-corrected chi connectivity index (χ2v) is 3.48. The van der Waals surface area contributed by atoms with Gasteiger partial charge in [-0.25, -0.2) is 10.0 Å². The van der Waals surface area contributed by atoms with Crippen LogP contribution in [-0.2, 0) is 0 Å². The van der Waals surface area contributed by atoms with Crippen molar-refractivity contribution in [2.75, 3.05) is 14.1 Å². The fraction of sp³-hybridized carbons (Fsp3) is 0.500. The second kappa shape index (κ2) is 4.82. The van der Waals surface area contributed by atoms with Gasteiger partial charge in [-0.3, -0.25) is 0 Å². The van der Waals surface area contributed by atoms with Crippen molar-refractivity contribution in [2.45, 2.75) is 13.3 Å². The van der Waals surface area contributed by atoms with Gasteiger partial charge in [0, 0.05) is 20.3 Å². The summed E-state index contributed by atoms with van der Waals surface area (Å²) < 4.78 is 0. The van der Waals surface area contributed by atoms with Crippen molar-refractivity contribution < 1.29 is 0 Å². The van der Waals surface area contributed by atoms with Crippen molar-refractivity contribution >= 4 is 5.84 Å². The Morgan fingerprint density at radius 2 is 2.31 bits per heavy atom. The molecule has 0 fully saturated rings. The number of nitrogens with zero attached hydrogens (tertiary/aromatic N) is 2. The van der Waals surface area contributed by atoms with Gasteiger partial charge >= 0.3 is 0 Å². The first kappa shape index (κ1) is 9.99. The van der Waals surface area contributed by atoms with Crippen LogP contribution in [0.4, 0.5) is 0 Å². The van der Waals surface area contributed by atoms with Crippen molar-refractivity contribution in [2.24, 2.45) is 10.9 Å². The zero-order valence-electron chi connectivity index (χ0n) is 8.49. The number of hydrazine groups is 1. The molecular formula is C10H17N3. The van der Waals surface area contributed by atoms with E-state index in [1.165, 1.54) is 0 Å². The molecule has 0 aliphatic carbocycles. The number of nitrogens with one attached hydrogen (secondary N) is 1. The molecule has 0 saturated heterocycles. The largest absolute Gasteiger partial charge is 0.304 e. The third-order valence-electron chi connectivity index (χ3n) is 1.75. The highest BCUT2D eigenvalue weighted by atomic mass is 15.5. The number of hydrogen-bond donors (Lipinski definition) is 1. The minimum Gasteiger partial charge on any atom is -0.304 e. The van der Waals surface area contributed by atoms with Crippen LogP contribution in [0, 0.1) is 5.92 Å². The predicted molar refractivity (Wildman–Crippen MR) is 56.3 cm³/mol. The van der Waals surface area contributed by atoms with Crippen molar-refractivity contribution in [1.29, 1.82) is 0 Å². The fourth-order valence-corrected chi connectivity index (χ4v) is 1.08. The van der Waals surface area contributed by atoms with Crippen LogP contribution < -0.4 is 5.43 Å². The first-order chi connectivity index (χ1) is 6.18. The highest BCUT2D eigenvalue weighted by Gasteiger charge is 1.98. The summed E-state index contributed by atoms with van der Waals surface area (Å²) in [5.74, 6) is 1.47. The Balaban J connectivity index is 2.63. The summed E-state index contributed by atoms with van der Waals surface area (Å²) in [5.41, 5.74) is 3.11. The molecule has 0 radical (unpaired) electrons. The van der Waals surface area contributed by atoms with E-state index in [1.807, 2.05) is 31.4 Å². The maximum Gasteiger partial charge on any atom is 0.139 e. The van der Waals surface area contributed by atoms with Gasteiger partial charge in [0.05, 0.1) is 0 Å². The Bertz CT molecular complexity index is 239. The highest BCUT2D eigenvalue weighted by Crippen LogP contribution is 2.06. The monoisotopic (exact) mass is 179 g/mol. The van der Waals surface area contributed by atoms with Gasteiger partial charge in [-0.1, -0.05) is 19.1 Å². The molecule has 72 valence electrons. The number of amidine groups is 1. The molecule has 0 aromatic rings. The third kappa shape index (κ3) is 3.90. The van der Waals surface area contributed by atoms with Gasteiger partial charge < -0.3 is 5.43 Å². The molecule has 0 aromatic heterocycles. The SMILES string of the molecule is CC1C=CN=C(NN(C)C)C=CC1. The Kier molecular flexibility index (Phi) is 3.71. The number of rotatable bonds is 1. The molecule has 1 aliphatic rings. The Labute approximate surface area is 79.8 Å². The lowest BCUT2D eigenvalue weighted by atomic mass is 10.1. The van der Waals surface area contributed by atoms with E-state index in [-0.39, 0.29) is 0 Å². The smallest absolute Gasteiger partial charge is 0.139 e. The molecule has 0 aromatic carbocycles. The van der Waals surface area contributed by atoms with E-state index < -0.39 is 0 Å². The van der Waals surface area contributed by atoms with E-state index in [1.54, 1.807) is 0 Å². The molecule has 1 rings (SSSR count). The van der Waals surface area contributed by atoms with E-state index >= 15 is 0 Å². The summed E-state index contributed by atoms with van der Waals surface area (Å²) in [6.45, 7) is 2.18. The topological polar surface area (TPSA) is 27.6 Å². The van der Waals surface area contributed by atoms with Gasteiger partial charge in [0.15, 0.2) is 0 Å². The van der Waals surface area contributed by atoms with Crippen LogP contribution in [-0.4, -0.2) is 24.9 Å². The molecule has 0 amide bonds. The minimum atomic E-state index is 0.584. The summed E-state index contributed by atoms with van der Waals surface area (Å²) in [5, 5.41) is 1.88. The molecule has 1 heterocycles.